The van der Waals surface area contributed by atoms with E-state index in [-0.39, 0.29) is 41.7 Å². The summed E-state index contributed by atoms with van der Waals surface area (Å²) in [6, 6.07) is 6.57. The molecule has 6 atom stereocenters. The summed E-state index contributed by atoms with van der Waals surface area (Å²) in [6.07, 6.45) is 10.0. The smallest absolute Gasteiger partial charge is 0.330 e. The maximum atomic E-state index is 12.6. The quantitative estimate of drug-likeness (QED) is 0.254. The van der Waals surface area contributed by atoms with Crippen molar-refractivity contribution in [1.29, 1.82) is 0 Å². The van der Waals surface area contributed by atoms with Crippen molar-refractivity contribution in [2.24, 2.45) is 22.7 Å². The zero-order valence-corrected chi connectivity index (χ0v) is 22.8. The highest BCUT2D eigenvalue weighted by molar-refractivity contribution is 5.87. The first-order valence-electron chi connectivity index (χ1n) is 13.1. The van der Waals surface area contributed by atoms with Crippen LogP contribution in [0.25, 0.3) is 6.08 Å². The summed E-state index contributed by atoms with van der Waals surface area (Å²) in [6.45, 7) is 13.7. The van der Waals surface area contributed by atoms with Crippen LogP contribution in [0.2, 0.25) is 0 Å². The molecule has 37 heavy (non-hydrogen) atoms. The molecule has 2 aliphatic carbocycles. The third-order valence-corrected chi connectivity index (χ3v) is 8.86. The van der Waals surface area contributed by atoms with Crippen LogP contribution in [0.1, 0.15) is 72.3 Å². The molecule has 0 bridgehead atoms. The fourth-order valence-corrected chi connectivity index (χ4v) is 6.82. The molecule has 0 unspecified atom stereocenters. The molecule has 0 aromatic heterocycles. The summed E-state index contributed by atoms with van der Waals surface area (Å²) < 4.78 is 11.7. The van der Waals surface area contributed by atoms with Crippen LogP contribution >= 0.6 is 0 Å². The third kappa shape index (κ3) is 6.35. The topological polar surface area (TPSA) is 93.1 Å². The second-order valence-corrected chi connectivity index (χ2v) is 11.6. The molecule has 1 aromatic carbocycles. The van der Waals surface area contributed by atoms with E-state index in [2.05, 4.69) is 26.5 Å². The molecule has 2 saturated carbocycles. The van der Waals surface area contributed by atoms with Gasteiger partial charge < -0.3 is 19.7 Å². The standard InChI is InChI=1S/C31H42O6/c1-7-21(2)8-14-26-30(5,35)19-16-25-29(4,18-17-27(31(25,26)6)37-22(3)32)20-36-28(34)15-11-23-9-12-24(33)13-10-23/h7-13,15,25-27,33,35H,1,14,16-20H2,2-6H3/b15-11-,21-8+/t25-,26-,27+,29-,30+,31-/m0/s1. The lowest BCUT2D eigenvalue weighted by molar-refractivity contribution is -0.230. The lowest BCUT2D eigenvalue weighted by atomic mass is 9.44. The number of aliphatic hydroxyl groups is 1. The largest absolute Gasteiger partial charge is 0.508 e. The first-order chi connectivity index (χ1) is 17.3. The molecule has 0 radical (unpaired) electrons. The first-order valence-corrected chi connectivity index (χ1v) is 13.1. The van der Waals surface area contributed by atoms with Gasteiger partial charge in [0.05, 0.1) is 12.2 Å². The van der Waals surface area contributed by atoms with E-state index in [0.29, 0.717) is 19.3 Å². The number of hydrogen-bond acceptors (Lipinski definition) is 6. The highest BCUT2D eigenvalue weighted by Crippen LogP contribution is 2.63. The van der Waals surface area contributed by atoms with Gasteiger partial charge in [-0.3, -0.25) is 4.79 Å². The normalized spacial score (nSPS) is 34.0. The molecule has 3 rings (SSSR count). The van der Waals surface area contributed by atoms with E-state index in [0.717, 1.165) is 24.0 Å². The predicted molar refractivity (Wildman–Crippen MR) is 145 cm³/mol. The van der Waals surface area contributed by atoms with Crippen molar-refractivity contribution in [2.75, 3.05) is 6.61 Å². The average Bonchev–Trinajstić information content (AvgIpc) is 2.83. The van der Waals surface area contributed by atoms with E-state index in [1.54, 1.807) is 36.4 Å². The minimum Gasteiger partial charge on any atom is -0.508 e. The van der Waals surface area contributed by atoms with Gasteiger partial charge in [0.25, 0.3) is 0 Å². The maximum absolute atomic E-state index is 12.6. The fraction of sp³-hybridized carbons (Fsp3) is 0.548. The average molecular weight is 511 g/mol. The van der Waals surface area contributed by atoms with Gasteiger partial charge in [0.1, 0.15) is 11.9 Å². The van der Waals surface area contributed by atoms with Crippen molar-refractivity contribution in [1.82, 2.24) is 0 Å². The van der Waals surface area contributed by atoms with E-state index in [4.69, 9.17) is 9.47 Å². The Hall–Kier alpha value is -2.86. The molecule has 2 N–H and O–H groups in total. The summed E-state index contributed by atoms with van der Waals surface area (Å²) in [5.74, 6) is -0.652. The van der Waals surface area contributed by atoms with Gasteiger partial charge in [-0.1, -0.05) is 50.3 Å². The number of ether oxygens (including phenoxy) is 2. The predicted octanol–water partition coefficient (Wildman–Crippen LogP) is 5.99. The number of benzene rings is 1. The van der Waals surface area contributed by atoms with Gasteiger partial charge in [-0.05, 0) is 81.6 Å². The first kappa shape index (κ1) is 28.7. The number of hydrogen-bond donors (Lipinski definition) is 2. The van der Waals surface area contributed by atoms with Gasteiger partial charge in [0.2, 0.25) is 0 Å². The Morgan fingerprint density at radius 1 is 1.11 bits per heavy atom. The van der Waals surface area contributed by atoms with Gasteiger partial charge in [-0.2, -0.15) is 0 Å². The van der Waals surface area contributed by atoms with Crippen LogP contribution in [0.3, 0.4) is 0 Å². The molecule has 0 spiro atoms. The molecule has 0 aliphatic heterocycles. The van der Waals surface area contributed by atoms with Crippen LogP contribution in [0.4, 0.5) is 0 Å². The van der Waals surface area contributed by atoms with Crippen molar-refractivity contribution in [3.8, 4) is 5.75 Å². The van der Waals surface area contributed by atoms with Crippen molar-refractivity contribution >= 4 is 18.0 Å². The van der Waals surface area contributed by atoms with Crippen molar-refractivity contribution < 1.29 is 29.3 Å². The Morgan fingerprint density at radius 3 is 2.41 bits per heavy atom. The van der Waals surface area contributed by atoms with Crippen LogP contribution in [0.15, 0.2) is 54.6 Å². The summed E-state index contributed by atoms with van der Waals surface area (Å²) >= 11 is 0. The van der Waals surface area contributed by atoms with Crippen LogP contribution in [0.5, 0.6) is 5.75 Å². The third-order valence-electron chi connectivity index (χ3n) is 8.86. The fourth-order valence-electron chi connectivity index (χ4n) is 6.82. The number of carbonyl (C=O) groups excluding carboxylic acids is 2. The van der Waals surface area contributed by atoms with Gasteiger partial charge in [0.15, 0.2) is 0 Å². The number of phenols is 1. The Morgan fingerprint density at radius 2 is 1.78 bits per heavy atom. The van der Waals surface area contributed by atoms with E-state index in [9.17, 15) is 19.8 Å². The minimum atomic E-state index is -0.927. The van der Waals surface area contributed by atoms with Gasteiger partial charge in [-0.15, -0.1) is 0 Å². The SMILES string of the molecule is C=C/C(C)=C/C[C@@H]1[C@@]2(C)[C@H](OC(C)=O)CC[C@@](C)(COC(=O)/C=C\c3ccc(O)cc3)[C@@H]2CC[C@@]1(C)O. The Labute approximate surface area is 221 Å². The highest BCUT2D eigenvalue weighted by atomic mass is 16.5. The molecule has 2 fully saturated rings. The summed E-state index contributed by atoms with van der Waals surface area (Å²) in [4.78, 5) is 24.7. The van der Waals surface area contributed by atoms with Crippen molar-refractivity contribution in [3.05, 3.63) is 60.2 Å². The molecule has 202 valence electrons. The van der Waals surface area contributed by atoms with Crippen LogP contribution < -0.4 is 0 Å². The maximum Gasteiger partial charge on any atom is 0.330 e. The lowest BCUT2D eigenvalue weighted by Crippen LogP contribution is -2.64. The van der Waals surface area contributed by atoms with E-state index in [1.165, 1.54) is 13.0 Å². The minimum absolute atomic E-state index is 0.0784. The zero-order valence-electron chi connectivity index (χ0n) is 22.8. The monoisotopic (exact) mass is 510 g/mol. The number of fused-ring (bicyclic) bond motifs is 1. The van der Waals surface area contributed by atoms with Crippen molar-refractivity contribution in [2.45, 2.75) is 78.4 Å². The summed E-state index contributed by atoms with van der Waals surface area (Å²) in [7, 11) is 0. The zero-order chi connectivity index (χ0) is 27.4. The number of phenolic OH excluding ortho intramolecular Hbond substituents is 1. The summed E-state index contributed by atoms with van der Waals surface area (Å²) in [5, 5.41) is 21.0. The van der Waals surface area contributed by atoms with E-state index in [1.807, 2.05) is 13.8 Å². The Kier molecular flexibility index (Phi) is 8.74. The number of carbonyl (C=O) groups is 2. The molecular weight excluding hydrogens is 468 g/mol. The van der Waals surface area contributed by atoms with Crippen LogP contribution in [-0.4, -0.2) is 40.5 Å². The van der Waals surface area contributed by atoms with E-state index >= 15 is 0 Å². The van der Waals surface area contributed by atoms with Crippen LogP contribution in [0, 0.1) is 22.7 Å². The molecule has 0 saturated heterocycles. The number of aromatic hydroxyl groups is 1. The van der Waals surface area contributed by atoms with Crippen molar-refractivity contribution in [3.63, 3.8) is 0 Å². The second-order valence-electron chi connectivity index (χ2n) is 11.6. The van der Waals surface area contributed by atoms with Gasteiger partial charge in [0, 0.05) is 23.8 Å². The number of allylic oxidation sites excluding steroid dienone is 3. The number of esters is 2. The number of rotatable bonds is 8. The lowest BCUT2D eigenvalue weighted by Gasteiger charge is -2.63. The molecule has 6 nitrogen and oxygen atoms in total. The second kappa shape index (κ2) is 11.3. The molecule has 2 aliphatic rings. The van der Waals surface area contributed by atoms with E-state index < -0.39 is 17.0 Å². The summed E-state index contributed by atoms with van der Waals surface area (Å²) in [5.41, 5.74) is 0.0595. The Bertz CT molecular complexity index is 1050. The van der Waals surface area contributed by atoms with Crippen LogP contribution in [-0.2, 0) is 19.1 Å². The molecule has 0 heterocycles. The molecule has 6 heteroatoms. The molecular formula is C31H42O6. The Balaban J connectivity index is 1.86. The molecule has 0 amide bonds. The van der Waals surface area contributed by atoms with Gasteiger partial charge >= 0.3 is 11.9 Å². The van der Waals surface area contributed by atoms with Gasteiger partial charge in [-0.25, -0.2) is 4.79 Å². The highest BCUT2D eigenvalue weighted by Gasteiger charge is 2.63. The molecule has 1 aromatic rings.